The fourth-order valence-electron chi connectivity index (χ4n) is 4.43. The van der Waals surface area contributed by atoms with Gasteiger partial charge in [-0.2, -0.15) is 0 Å². The Hall–Kier alpha value is -3.65. The van der Waals surface area contributed by atoms with Gasteiger partial charge >= 0.3 is 0 Å². The quantitative estimate of drug-likeness (QED) is 0.338. The number of nitrogens with zero attached hydrogens (tertiary/aromatic N) is 4. The first-order valence-corrected chi connectivity index (χ1v) is 11.8. The predicted octanol–water partition coefficient (Wildman–Crippen LogP) is 4.59. The second-order valence-electron chi connectivity index (χ2n) is 9.13. The molecule has 0 spiro atoms. The number of halogens is 1. The van der Waals surface area contributed by atoms with E-state index in [1.807, 2.05) is 18.3 Å². The van der Waals surface area contributed by atoms with E-state index in [1.54, 1.807) is 12.1 Å². The summed E-state index contributed by atoms with van der Waals surface area (Å²) in [5.41, 5.74) is 10.7. The molecule has 1 amide bonds. The van der Waals surface area contributed by atoms with Crippen molar-refractivity contribution in [2.75, 3.05) is 16.4 Å². The predicted molar refractivity (Wildman–Crippen MR) is 132 cm³/mol. The number of anilines is 3. The molecule has 0 bridgehead atoms. The van der Waals surface area contributed by atoms with Crippen molar-refractivity contribution in [3.8, 4) is 0 Å². The molecule has 2 atom stereocenters. The molecule has 2 saturated carbocycles. The third kappa shape index (κ3) is 4.41. The van der Waals surface area contributed by atoms with E-state index in [1.165, 1.54) is 24.7 Å². The molecule has 2 fully saturated rings. The molecule has 6 rings (SSSR count). The number of carbonyl (C=O) groups is 1. The van der Waals surface area contributed by atoms with E-state index in [0.717, 1.165) is 23.3 Å². The zero-order valence-corrected chi connectivity index (χ0v) is 19.2. The highest BCUT2D eigenvalue weighted by Gasteiger charge is 2.44. The van der Waals surface area contributed by atoms with Crippen LogP contribution >= 0.6 is 11.6 Å². The van der Waals surface area contributed by atoms with Crippen LogP contribution in [0, 0.1) is 5.92 Å². The molecule has 1 aromatic carbocycles. The van der Waals surface area contributed by atoms with Gasteiger partial charge < -0.3 is 20.8 Å². The number of hydrogen-bond donors (Lipinski definition) is 3. The van der Waals surface area contributed by atoms with Gasteiger partial charge in [0.05, 0.1) is 12.2 Å². The zero-order chi connectivity index (χ0) is 23.2. The van der Waals surface area contributed by atoms with Crippen molar-refractivity contribution < 1.29 is 4.79 Å². The number of fused-ring (bicyclic) bond motifs is 1. The molecule has 2 aliphatic rings. The number of hydrogen-bond acceptors (Lipinski definition) is 6. The number of carbonyl (C=O) groups excluding carboxylic acids is 1. The van der Waals surface area contributed by atoms with Crippen LogP contribution in [0.15, 0.2) is 55.1 Å². The Labute approximate surface area is 201 Å². The number of aromatic nitrogens is 4. The minimum absolute atomic E-state index is 0.0694. The van der Waals surface area contributed by atoms with Crippen LogP contribution in [-0.4, -0.2) is 25.3 Å². The van der Waals surface area contributed by atoms with E-state index < -0.39 is 0 Å². The number of rotatable bonds is 7. The third-order valence-corrected chi connectivity index (χ3v) is 6.66. The summed E-state index contributed by atoms with van der Waals surface area (Å²) in [6.45, 7) is 0.520. The van der Waals surface area contributed by atoms with Gasteiger partial charge in [0.2, 0.25) is 5.91 Å². The molecular formula is C25H24ClN7O. The number of imidazole rings is 1. The molecule has 3 aromatic heterocycles. The van der Waals surface area contributed by atoms with Gasteiger partial charge in [0.15, 0.2) is 0 Å². The monoisotopic (exact) mass is 473 g/mol. The van der Waals surface area contributed by atoms with Gasteiger partial charge in [-0.25, -0.2) is 15.0 Å². The van der Waals surface area contributed by atoms with E-state index in [9.17, 15) is 4.79 Å². The summed E-state index contributed by atoms with van der Waals surface area (Å²) in [5, 5.41) is 6.76. The molecule has 4 N–H and O–H groups in total. The SMILES string of the molecule is Nc1cc(Cl)cc(C2CC2C(=O)Nc2cc(NCc3cn4cc(C5CC5)ccc4n3)ncn2)c1. The molecule has 2 aliphatic carbocycles. The highest BCUT2D eigenvalue weighted by atomic mass is 35.5. The average Bonchev–Trinajstić information content (AvgIpc) is 3.73. The van der Waals surface area contributed by atoms with Crippen LogP contribution in [0.1, 0.15) is 47.9 Å². The number of benzene rings is 1. The molecule has 8 nitrogen and oxygen atoms in total. The van der Waals surface area contributed by atoms with Gasteiger partial charge in [-0.05, 0) is 66.5 Å². The van der Waals surface area contributed by atoms with Crippen LogP contribution in [0.3, 0.4) is 0 Å². The lowest BCUT2D eigenvalue weighted by Crippen LogP contribution is -2.16. The smallest absolute Gasteiger partial charge is 0.229 e. The lowest BCUT2D eigenvalue weighted by atomic mass is 10.1. The minimum Gasteiger partial charge on any atom is -0.399 e. The van der Waals surface area contributed by atoms with Crippen molar-refractivity contribution >= 4 is 40.5 Å². The van der Waals surface area contributed by atoms with Crippen LogP contribution in [0.25, 0.3) is 5.65 Å². The summed E-state index contributed by atoms with van der Waals surface area (Å²) in [6, 6.07) is 11.4. The summed E-state index contributed by atoms with van der Waals surface area (Å²) >= 11 is 6.10. The molecule has 34 heavy (non-hydrogen) atoms. The van der Waals surface area contributed by atoms with Crippen molar-refractivity contribution in [2.24, 2.45) is 5.92 Å². The molecule has 172 valence electrons. The average molecular weight is 474 g/mol. The highest BCUT2D eigenvalue weighted by Crippen LogP contribution is 2.49. The first kappa shape index (κ1) is 20.9. The molecule has 0 radical (unpaired) electrons. The Morgan fingerprint density at radius 3 is 2.76 bits per heavy atom. The van der Waals surface area contributed by atoms with Gasteiger partial charge in [0, 0.05) is 35.1 Å². The van der Waals surface area contributed by atoms with Crippen molar-refractivity contribution in [1.82, 2.24) is 19.4 Å². The van der Waals surface area contributed by atoms with E-state index in [-0.39, 0.29) is 17.7 Å². The molecule has 3 heterocycles. The number of nitrogens with two attached hydrogens (primary N) is 1. The minimum atomic E-state index is -0.122. The number of nitrogens with one attached hydrogen (secondary N) is 2. The second-order valence-corrected chi connectivity index (χ2v) is 9.57. The first-order chi connectivity index (χ1) is 16.5. The highest BCUT2D eigenvalue weighted by molar-refractivity contribution is 6.30. The van der Waals surface area contributed by atoms with Crippen LogP contribution in [0.5, 0.6) is 0 Å². The molecular weight excluding hydrogens is 450 g/mol. The molecule has 0 saturated heterocycles. The Balaban J connectivity index is 1.08. The van der Waals surface area contributed by atoms with Gasteiger partial charge in [-0.1, -0.05) is 17.7 Å². The van der Waals surface area contributed by atoms with E-state index in [2.05, 4.69) is 48.3 Å². The standard InChI is InChI=1S/C25H24ClN7O/c26-17-5-16(6-18(27)7-17)20-8-21(20)25(34)32-23-9-22(29-13-30-23)28-10-19-12-33-11-15(14-1-2-14)3-4-24(33)31-19/h3-7,9,11-14,20-21H,1-2,8,10,27H2,(H2,28,29,30,32,34). The molecule has 9 heteroatoms. The maximum absolute atomic E-state index is 12.7. The number of amides is 1. The Bertz CT molecular complexity index is 1380. The zero-order valence-electron chi connectivity index (χ0n) is 18.4. The van der Waals surface area contributed by atoms with E-state index in [0.29, 0.717) is 34.8 Å². The summed E-state index contributed by atoms with van der Waals surface area (Å²) in [7, 11) is 0. The van der Waals surface area contributed by atoms with Gasteiger partial charge in [-0.15, -0.1) is 0 Å². The molecule has 2 unspecified atom stereocenters. The van der Waals surface area contributed by atoms with Crippen molar-refractivity contribution in [1.29, 1.82) is 0 Å². The van der Waals surface area contributed by atoms with Crippen LogP contribution in [0.2, 0.25) is 5.02 Å². The first-order valence-electron chi connectivity index (χ1n) is 11.4. The molecule has 0 aliphatic heterocycles. The number of nitrogen functional groups attached to an aromatic ring is 1. The van der Waals surface area contributed by atoms with Gasteiger partial charge in [-0.3, -0.25) is 4.79 Å². The largest absolute Gasteiger partial charge is 0.399 e. The van der Waals surface area contributed by atoms with Gasteiger partial charge in [0.1, 0.15) is 23.6 Å². The topological polar surface area (TPSA) is 110 Å². The maximum Gasteiger partial charge on any atom is 0.229 e. The Morgan fingerprint density at radius 2 is 1.94 bits per heavy atom. The maximum atomic E-state index is 12.7. The van der Waals surface area contributed by atoms with Gasteiger partial charge in [0.25, 0.3) is 0 Å². The lowest BCUT2D eigenvalue weighted by Gasteiger charge is -2.07. The lowest BCUT2D eigenvalue weighted by molar-refractivity contribution is -0.117. The van der Waals surface area contributed by atoms with Crippen molar-refractivity contribution in [2.45, 2.75) is 37.6 Å². The fourth-order valence-corrected chi connectivity index (χ4v) is 4.68. The van der Waals surface area contributed by atoms with Crippen LogP contribution < -0.4 is 16.4 Å². The Kier molecular flexibility index (Phi) is 5.10. The summed E-state index contributed by atoms with van der Waals surface area (Å²) < 4.78 is 2.08. The van der Waals surface area contributed by atoms with Crippen LogP contribution in [-0.2, 0) is 11.3 Å². The third-order valence-electron chi connectivity index (χ3n) is 6.44. The van der Waals surface area contributed by atoms with E-state index >= 15 is 0 Å². The van der Waals surface area contributed by atoms with E-state index in [4.69, 9.17) is 17.3 Å². The summed E-state index contributed by atoms with van der Waals surface area (Å²) in [5.74, 6) is 1.72. The normalized spacial score (nSPS) is 19.2. The second kappa shape index (κ2) is 8.29. The van der Waals surface area contributed by atoms with Crippen LogP contribution in [0.4, 0.5) is 17.3 Å². The van der Waals surface area contributed by atoms with Crippen molar-refractivity contribution in [3.63, 3.8) is 0 Å². The van der Waals surface area contributed by atoms with Crippen molar-refractivity contribution in [3.05, 3.63) is 77.0 Å². The number of pyridine rings is 1. The summed E-state index contributed by atoms with van der Waals surface area (Å²) in [4.78, 5) is 25.9. The Morgan fingerprint density at radius 1 is 1.09 bits per heavy atom. The summed E-state index contributed by atoms with van der Waals surface area (Å²) in [6.07, 6.45) is 8.96. The molecule has 4 aromatic rings. The fraction of sp³-hybridized carbons (Fsp3) is 0.280.